The molecule has 1 heterocycles. The van der Waals surface area contributed by atoms with Crippen LogP contribution in [0.3, 0.4) is 0 Å². The van der Waals surface area contributed by atoms with Crippen LogP contribution >= 0.6 is 0 Å². The van der Waals surface area contributed by atoms with Crippen LogP contribution in [0, 0.1) is 0 Å². The van der Waals surface area contributed by atoms with Crippen LogP contribution in [0.1, 0.15) is 43.1 Å². The quantitative estimate of drug-likeness (QED) is 0.621. The lowest BCUT2D eigenvalue weighted by atomic mass is 10.1. The average molecular weight is 366 g/mol. The van der Waals surface area contributed by atoms with Gasteiger partial charge < -0.3 is 10.1 Å². The molecule has 0 spiro atoms. The van der Waals surface area contributed by atoms with Gasteiger partial charge in [0, 0.05) is 19.5 Å². The second-order valence-electron chi connectivity index (χ2n) is 6.02. The number of imide groups is 1. The molecule has 0 saturated heterocycles. The maximum atomic E-state index is 12.2. The number of hydrogen-bond donors (Lipinski definition) is 1. The molecule has 0 saturated carbocycles. The molecule has 7 heteroatoms. The summed E-state index contributed by atoms with van der Waals surface area (Å²) in [4.78, 5) is 49.0. The third-order valence-corrected chi connectivity index (χ3v) is 4.31. The highest BCUT2D eigenvalue weighted by Gasteiger charge is 2.34. The standard InChI is InChI=1S/C20H18N2O5/c1-27-20(26)14-8-6-13(7-9-14)12-21-17(23)10-11-22-18(24)15-4-2-3-5-16(15)19(22)25/h2-9H,10-12H2,1H3,(H,21,23). The van der Waals surface area contributed by atoms with Gasteiger partial charge in [-0.05, 0) is 29.8 Å². The molecule has 138 valence electrons. The van der Waals surface area contributed by atoms with Crippen LogP contribution < -0.4 is 5.32 Å². The van der Waals surface area contributed by atoms with Crippen LogP contribution in [0.25, 0.3) is 0 Å². The maximum Gasteiger partial charge on any atom is 0.337 e. The van der Waals surface area contributed by atoms with Crippen molar-refractivity contribution in [1.82, 2.24) is 10.2 Å². The van der Waals surface area contributed by atoms with E-state index in [-0.39, 0.29) is 37.2 Å². The Morgan fingerprint density at radius 2 is 1.56 bits per heavy atom. The van der Waals surface area contributed by atoms with E-state index in [1.807, 2.05) is 0 Å². The molecule has 0 unspecified atom stereocenters. The zero-order valence-electron chi connectivity index (χ0n) is 14.7. The van der Waals surface area contributed by atoms with Crippen LogP contribution in [-0.2, 0) is 16.1 Å². The number of fused-ring (bicyclic) bond motifs is 1. The van der Waals surface area contributed by atoms with Crippen LogP contribution in [0.5, 0.6) is 0 Å². The molecule has 0 fully saturated rings. The molecule has 27 heavy (non-hydrogen) atoms. The number of benzene rings is 2. The van der Waals surface area contributed by atoms with Crippen molar-refractivity contribution in [3.8, 4) is 0 Å². The number of methoxy groups -OCH3 is 1. The highest BCUT2D eigenvalue weighted by atomic mass is 16.5. The van der Waals surface area contributed by atoms with E-state index in [9.17, 15) is 19.2 Å². The third-order valence-electron chi connectivity index (χ3n) is 4.31. The zero-order chi connectivity index (χ0) is 19.4. The molecule has 0 aliphatic carbocycles. The van der Waals surface area contributed by atoms with Crippen LogP contribution in [0.15, 0.2) is 48.5 Å². The summed E-state index contributed by atoms with van der Waals surface area (Å²) < 4.78 is 4.63. The van der Waals surface area contributed by atoms with Gasteiger partial charge in [-0.2, -0.15) is 0 Å². The van der Waals surface area contributed by atoms with E-state index >= 15 is 0 Å². The number of carbonyl (C=O) groups excluding carboxylic acids is 4. The highest BCUT2D eigenvalue weighted by molar-refractivity contribution is 6.21. The van der Waals surface area contributed by atoms with Gasteiger partial charge in [-0.15, -0.1) is 0 Å². The first kappa shape index (κ1) is 18.3. The average Bonchev–Trinajstić information content (AvgIpc) is 2.95. The first-order valence-corrected chi connectivity index (χ1v) is 8.40. The summed E-state index contributed by atoms with van der Waals surface area (Å²) >= 11 is 0. The number of esters is 1. The van der Waals surface area contributed by atoms with E-state index in [1.54, 1.807) is 48.5 Å². The molecule has 2 aromatic carbocycles. The Hall–Kier alpha value is -3.48. The Kier molecular flexibility index (Phi) is 5.30. The lowest BCUT2D eigenvalue weighted by Gasteiger charge is -2.13. The van der Waals surface area contributed by atoms with Gasteiger partial charge in [-0.1, -0.05) is 24.3 Å². The highest BCUT2D eigenvalue weighted by Crippen LogP contribution is 2.22. The number of amides is 3. The van der Waals surface area contributed by atoms with Gasteiger partial charge >= 0.3 is 5.97 Å². The second kappa shape index (κ2) is 7.82. The molecule has 0 atom stereocenters. The Morgan fingerprint density at radius 3 is 2.11 bits per heavy atom. The number of nitrogens with zero attached hydrogens (tertiary/aromatic N) is 1. The lowest BCUT2D eigenvalue weighted by molar-refractivity contribution is -0.121. The van der Waals surface area contributed by atoms with E-state index in [2.05, 4.69) is 10.1 Å². The van der Waals surface area contributed by atoms with Crippen molar-refractivity contribution < 1.29 is 23.9 Å². The SMILES string of the molecule is COC(=O)c1ccc(CNC(=O)CCN2C(=O)c3ccccc3C2=O)cc1. The fourth-order valence-electron chi connectivity index (χ4n) is 2.82. The Labute approximate surface area is 155 Å². The van der Waals surface area contributed by atoms with Crippen molar-refractivity contribution in [1.29, 1.82) is 0 Å². The van der Waals surface area contributed by atoms with Crippen molar-refractivity contribution in [3.05, 3.63) is 70.8 Å². The molecule has 0 bridgehead atoms. The van der Waals surface area contributed by atoms with Crippen LogP contribution in [0.2, 0.25) is 0 Å². The summed E-state index contributed by atoms with van der Waals surface area (Å²) in [5, 5.41) is 2.73. The van der Waals surface area contributed by atoms with E-state index in [0.29, 0.717) is 16.7 Å². The predicted octanol–water partition coefficient (Wildman–Crippen LogP) is 1.78. The van der Waals surface area contributed by atoms with Gasteiger partial charge in [-0.25, -0.2) is 4.79 Å². The fraction of sp³-hybridized carbons (Fsp3) is 0.200. The molecule has 1 N–H and O–H groups in total. The summed E-state index contributed by atoms with van der Waals surface area (Å²) in [6, 6.07) is 13.3. The van der Waals surface area contributed by atoms with E-state index < -0.39 is 5.97 Å². The number of rotatable bonds is 6. The topological polar surface area (TPSA) is 92.8 Å². The molecule has 3 rings (SSSR count). The molecule has 1 aliphatic rings. The van der Waals surface area contributed by atoms with E-state index in [1.165, 1.54) is 7.11 Å². The van der Waals surface area contributed by atoms with Gasteiger partial charge in [-0.3, -0.25) is 19.3 Å². The second-order valence-corrected chi connectivity index (χ2v) is 6.02. The molecule has 0 aromatic heterocycles. The van der Waals surface area contributed by atoms with Crippen molar-refractivity contribution in [3.63, 3.8) is 0 Å². The van der Waals surface area contributed by atoms with Crippen molar-refractivity contribution in [2.24, 2.45) is 0 Å². The van der Waals surface area contributed by atoms with E-state index in [0.717, 1.165) is 10.5 Å². The molecular weight excluding hydrogens is 348 g/mol. The first-order chi connectivity index (χ1) is 13.0. The zero-order valence-corrected chi connectivity index (χ0v) is 14.7. The Bertz CT molecular complexity index is 870. The minimum Gasteiger partial charge on any atom is -0.465 e. The predicted molar refractivity (Wildman–Crippen MR) is 96.1 cm³/mol. The summed E-state index contributed by atoms with van der Waals surface area (Å²) in [6.45, 7) is 0.307. The van der Waals surface area contributed by atoms with Gasteiger partial charge in [0.05, 0.1) is 23.8 Å². The minimum absolute atomic E-state index is 0.0196. The molecular formula is C20H18N2O5. The molecule has 0 radical (unpaired) electrons. The summed E-state index contributed by atoms with van der Waals surface area (Å²) in [5.74, 6) is -1.45. The number of nitrogens with one attached hydrogen (secondary N) is 1. The number of ether oxygens (including phenoxy) is 1. The van der Waals surface area contributed by atoms with Crippen molar-refractivity contribution in [2.45, 2.75) is 13.0 Å². The number of hydrogen-bond acceptors (Lipinski definition) is 5. The minimum atomic E-state index is -0.425. The molecule has 3 amide bonds. The van der Waals surface area contributed by atoms with Crippen LogP contribution in [0.4, 0.5) is 0 Å². The first-order valence-electron chi connectivity index (χ1n) is 8.40. The summed E-state index contributed by atoms with van der Waals surface area (Å²) in [5.41, 5.74) is 1.98. The summed E-state index contributed by atoms with van der Waals surface area (Å²) in [7, 11) is 1.31. The van der Waals surface area contributed by atoms with Gasteiger partial charge in [0.15, 0.2) is 0 Å². The summed E-state index contributed by atoms with van der Waals surface area (Å²) in [6.07, 6.45) is 0.0196. The smallest absolute Gasteiger partial charge is 0.337 e. The molecule has 7 nitrogen and oxygen atoms in total. The molecule has 1 aliphatic heterocycles. The van der Waals surface area contributed by atoms with Crippen LogP contribution in [-0.4, -0.2) is 42.2 Å². The fourth-order valence-corrected chi connectivity index (χ4v) is 2.82. The van der Waals surface area contributed by atoms with Crippen molar-refractivity contribution in [2.75, 3.05) is 13.7 Å². The normalized spacial score (nSPS) is 12.7. The molecule has 2 aromatic rings. The largest absolute Gasteiger partial charge is 0.465 e. The Balaban J connectivity index is 1.50. The monoisotopic (exact) mass is 366 g/mol. The third kappa shape index (κ3) is 3.87. The van der Waals surface area contributed by atoms with Gasteiger partial charge in [0.1, 0.15) is 0 Å². The lowest BCUT2D eigenvalue weighted by Crippen LogP contribution is -2.34. The van der Waals surface area contributed by atoms with Gasteiger partial charge in [0.25, 0.3) is 11.8 Å². The maximum absolute atomic E-state index is 12.2. The number of carbonyl (C=O) groups is 4. The van der Waals surface area contributed by atoms with E-state index in [4.69, 9.17) is 0 Å². The Morgan fingerprint density at radius 1 is 0.963 bits per heavy atom. The van der Waals surface area contributed by atoms with Crippen molar-refractivity contribution >= 4 is 23.7 Å². The van der Waals surface area contributed by atoms with Gasteiger partial charge in [0.2, 0.25) is 5.91 Å².